The first-order valence-electron chi connectivity index (χ1n) is 10.5. The smallest absolute Gasteiger partial charge is 0.0562 e. The first-order valence-corrected chi connectivity index (χ1v) is 10.5. The minimum absolute atomic E-state index is 0.131. The molecule has 0 saturated carbocycles. The quantitative estimate of drug-likeness (QED) is 0.294. The topological polar surface area (TPSA) is 73.0 Å². The molecule has 0 aliphatic heterocycles. The fourth-order valence-corrected chi connectivity index (χ4v) is 3.69. The number of para-hydroxylation sites is 1. The van der Waals surface area contributed by atoms with Crippen molar-refractivity contribution < 1.29 is 5.11 Å². The van der Waals surface area contributed by atoms with E-state index in [1.165, 1.54) is 22.0 Å². The van der Waals surface area contributed by atoms with Gasteiger partial charge < -0.3 is 20.7 Å². The third-order valence-corrected chi connectivity index (χ3v) is 5.24. The Balaban J connectivity index is 1.29. The van der Waals surface area contributed by atoms with Gasteiger partial charge in [0, 0.05) is 47.8 Å². The van der Waals surface area contributed by atoms with E-state index in [0.29, 0.717) is 13.1 Å². The monoisotopic (exact) mass is 400 g/mol. The summed E-state index contributed by atoms with van der Waals surface area (Å²) in [5.41, 5.74) is 6.98. The van der Waals surface area contributed by atoms with Gasteiger partial charge in [-0.25, -0.2) is 0 Å². The van der Waals surface area contributed by atoms with Crippen molar-refractivity contribution in [3.8, 4) is 0 Å². The zero-order valence-corrected chi connectivity index (χ0v) is 17.1. The Morgan fingerprint density at radius 1 is 0.933 bits per heavy atom. The maximum Gasteiger partial charge on any atom is 0.0562 e. The maximum atomic E-state index is 8.86. The van der Waals surface area contributed by atoms with Crippen LogP contribution in [0.3, 0.4) is 0 Å². The van der Waals surface area contributed by atoms with Gasteiger partial charge in [0.15, 0.2) is 0 Å². The van der Waals surface area contributed by atoms with Gasteiger partial charge in [0.2, 0.25) is 0 Å². The molecule has 0 fully saturated rings. The van der Waals surface area contributed by atoms with Crippen molar-refractivity contribution in [3.05, 3.63) is 89.9 Å². The number of H-pyrrole nitrogens is 1. The highest BCUT2D eigenvalue weighted by Gasteiger charge is 2.03. The summed E-state index contributed by atoms with van der Waals surface area (Å²) in [6.45, 7) is 1.35. The molecule has 2 aromatic carbocycles. The van der Waals surface area contributed by atoms with Crippen LogP contribution < -0.4 is 10.6 Å². The number of aromatic nitrogens is 2. The summed E-state index contributed by atoms with van der Waals surface area (Å²) in [7, 11) is 0. The van der Waals surface area contributed by atoms with Crippen LogP contribution in [0.1, 0.15) is 23.2 Å². The van der Waals surface area contributed by atoms with E-state index in [2.05, 4.69) is 75.3 Å². The lowest BCUT2D eigenvalue weighted by Crippen LogP contribution is -2.18. The normalized spacial score (nSPS) is 11.1. The Bertz CT molecular complexity index is 1070. The lowest BCUT2D eigenvalue weighted by atomic mass is 10.0. The van der Waals surface area contributed by atoms with Crippen LogP contribution in [0.25, 0.3) is 10.9 Å². The van der Waals surface area contributed by atoms with Gasteiger partial charge in [0.1, 0.15) is 0 Å². The number of aromatic amines is 1. The van der Waals surface area contributed by atoms with E-state index in [1.54, 1.807) is 6.20 Å². The first-order chi connectivity index (χ1) is 14.8. The molecule has 0 spiro atoms. The number of rotatable bonds is 10. The van der Waals surface area contributed by atoms with Crippen LogP contribution in [0.15, 0.2) is 73.1 Å². The first kappa shape index (κ1) is 20.1. The van der Waals surface area contributed by atoms with Crippen molar-refractivity contribution in [2.45, 2.75) is 25.8 Å². The average Bonchev–Trinajstić information content (AvgIpc) is 3.19. The molecule has 4 N–H and O–H groups in total. The van der Waals surface area contributed by atoms with Gasteiger partial charge in [-0.3, -0.25) is 4.98 Å². The van der Waals surface area contributed by atoms with Gasteiger partial charge in [-0.1, -0.05) is 30.3 Å². The van der Waals surface area contributed by atoms with Gasteiger partial charge >= 0.3 is 0 Å². The highest BCUT2D eigenvalue weighted by atomic mass is 16.3. The predicted octanol–water partition coefficient (Wildman–Crippen LogP) is 4.56. The van der Waals surface area contributed by atoms with Crippen molar-refractivity contribution in [2.24, 2.45) is 0 Å². The molecule has 0 radical (unpaired) electrons. The number of aryl methyl sites for hydroxylation is 2. The summed E-state index contributed by atoms with van der Waals surface area (Å²) in [5.74, 6) is 0. The molecular weight excluding hydrogens is 372 g/mol. The van der Waals surface area contributed by atoms with Crippen molar-refractivity contribution in [2.75, 3.05) is 18.5 Å². The molecule has 4 rings (SSSR count). The van der Waals surface area contributed by atoms with Crippen molar-refractivity contribution in [1.29, 1.82) is 0 Å². The Morgan fingerprint density at radius 3 is 2.67 bits per heavy atom. The van der Waals surface area contributed by atoms with Crippen molar-refractivity contribution in [3.63, 3.8) is 0 Å². The van der Waals surface area contributed by atoms with Crippen molar-refractivity contribution in [1.82, 2.24) is 15.3 Å². The SMILES string of the molecule is OCCNCc1cc(Nc2ccc(CCCc3c[nH]c4ccccc34)cc2)ccn1. The number of hydrogen-bond donors (Lipinski definition) is 4. The van der Waals surface area contributed by atoms with Gasteiger partial charge in [0.05, 0.1) is 12.3 Å². The second kappa shape index (κ2) is 10.1. The van der Waals surface area contributed by atoms with Gasteiger partial charge in [0.25, 0.3) is 0 Å². The number of nitrogens with one attached hydrogen (secondary N) is 3. The number of fused-ring (bicyclic) bond motifs is 1. The summed E-state index contributed by atoms with van der Waals surface area (Å²) in [6, 6.07) is 21.1. The molecule has 0 atom stereocenters. The molecule has 0 bridgehead atoms. The lowest BCUT2D eigenvalue weighted by molar-refractivity contribution is 0.291. The molecule has 2 heterocycles. The summed E-state index contributed by atoms with van der Waals surface area (Å²) >= 11 is 0. The number of pyridine rings is 1. The third-order valence-electron chi connectivity index (χ3n) is 5.24. The minimum Gasteiger partial charge on any atom is -0.395 e. The lowest BCUT2D eigenvalue weighted by Gasteiger charge is -2.09. The Labute approximate surface area is 177 Å². The molecule has 0 amide bonds. The van der Waals surface area contributed by atoms with E-state index in [0.717, 1.165) is 36.3 Å². The predicted molar refractivity (Wildman–Crippen MR) is 123 cm³/mol. The van der Waals surface area contributed by atoms with E-state index in [-0.39, 0.29) is 6.61 Å². The van der Waals surface area contributed by atoms with E-state index >= 15 is 0 Å². The van der Waals surface area contributed by atoms with E-state index in [9.17, 15) is 0 Å². The molecule has 30 heavy (non-hydrogen) atoms. The summed E-state index contributed by atoms with van der Waals surface area (Å²) < 4.78 is 0. The minimum atomic E-state index is 0.131. The van der Waals surface area contributed by atoms with Gasteiger partial charge in [-0.2, -0.15) is 0 Å². The van der Waals surface area contributed by atoms with Crippen molar-refractivity contribution >= 4 is 22.3 Å². The largest absolute Gasteiger partial charge is 0.395 e. The summed E-state index contributed by atoms with van der Waals surface area (Å²) in [6.07, 6.45) is 7.21. The highest BCUT2D eigenvalue weighted by Crippen LogP contribution is 2.21. The molecule has 0 aliphatic rings. The molecule has 0 saturated heterocycles. The molecule has 5 nitrogen and oxygen atoms in total. The van der Waals surface area contributed by atoms with Gasteiger partial charge in [-0.15, -0.1) is 0 Å². The Morgan fingerprint density at radius 2 is 1.80 bits per heavy atom. The fourth-order valence-electron chi connectivity index (χ4n) is 3.69. The van der Waals surface area contributed by atoms with E-state index < -0.39 is 0 Å². The Hall–Kier alpha value is -3.15. The molecule has 154 valence electrons. The molecule has 0 unspecified atom stereocenters. The maximum absolute atomic E-state index is 8.86. The molecule has 2 aromatic heterocycles. The van der Waals surface area contributed by atoms with E-state index in [1.807, 2.05) is 12.1 Å². The zero-order valence-electron chi connectivity index (χ0n) is 17.1. The van der Waals surface area contributed by atoms with Crippen LogP contribution >= 0.6 is 0 Å². The number of aliphatic hydroxyl groups excluding tert-OH is 1. The van der Waals surface area contributed by atoms with Crippen LogP contribution in [0, 0.1) is 0 Å². The standard InChI is InChI=1S/C25H28N4O/c30-15-14-26-18-23-16-22(12-13-27-23)29-21-10-8-19(9-11-21)4-3-5-20-17-28-25-7-2-1-6-24(20)25/h1-2,6-13,16-17,26,28,30H,3-5,14-15,18H2,(H,27,29). The molecular formula is C25H28N4O. The van der Waals surface area contributed by atoms with E-state index in [4.69, 9.17) is 5.11 Å². The number of nitrogens with zero attached hydrogens (tertiary/aromatic N) is 1. The highest BCUT2D eigenvalue weighted by molar-refractivity contribution is 5.83. The van der Waals surface area contributed by atoms with Crippen LogP contribution in [-0.2, 0) is 19.4 Å². The third kappa shape index (κ3) is 5.26. The molecule has 0 aliphatic carbocycles. The van der Waals surface area contributed by atoms with Crippen LogP contribution in [0.2, 0.25) is 0 Å². The van der Waals surface area contributed by atoms with Gasteiger partial charge in [-0.05, 0) is 60.7 Å². The number of aliphatic hydroxyl groups is 1. The van der Waals surface area contributed by atoms with Crippen LogP contribution in [0.4, 0.5) is 11.4 Å². The Kier molecular flexibility index (Phi) is 6.75. The number of hydrogen-bond acceptors (Lipinski definition) is 4. The number of benzene rings is 2. The molecule has 5 heteroatoms. The zero-order chi connectivity index (χ0) is 20.6. The average molecular weight is 401 g/mol. The van der Waals surface area contributed by atoms with Crippen LogP contribution in [0.5, 0.6) is 0 Å². The van der Waals surface area contributed by atoms with Crippen LogP contribution in [-0.4, -0.2) is 28.2 Å². The second-order valence-electron chi connectivity index (χ2n) is 7.47. The summed E-state index contributed by atoms with van der Waals surface area (Å²) in [5, 5.41) is 16.8. The summed E-state index contributed by atoms with van der Waals surface area (Å²) in [4.78, 5) is 7.71. The number of anilines is 2. The second-order valence-corrected chi connectivity index (χ2v) is 7.47. The molecule has 4 aromatic rings. The fraction of sp³-hybridized carbons (Fsp3) is 0.240.